The lowest BCUT2D eigenvalue weighted by Crippen LogP contribution is -2.17. The normalized spacial score (nSPS) is 10.8. The summed E-state index contributed by atoms with van der Waals surface area (Å²) < 4.78 is 10.6. The number of hydrogen-bond donors (Lipinski definition) is 1. The van der Waals surface area contributed by atoms with Gasteiger partial charge < -0.3 is 14.2 Å². The third kappa shape index (κ3) is 2.73. The fourth-order valence-corrected chi connectivity index (χ4v) is 1.46. The van der Waals surface area contributed by atoms with Crippen LogP contribution in [0.3, 0.4) is 0 Å². The van der Waals surface area contributed by atoms with Gasteiger partial charge in [-0.25, -0.2) is 4.98 Å². The van der Waals surface area contributed by atoms with Crippen molar-refractivity contribution in [3.8, 4) is 11.3 Å². The fourth-order valence-electron chi connectivity index (χ4n) is 1.46. The predicted octanol–water partition coefficient (Wildman–Crippen LogP) is 2.48. The van der Waals surface area contributed by atoms with Crippen LogP contribution in [0.1, 0.15) is 19.2 Å². The topological polar surface area (TPSA) is 51.2 Å². The average Bonchev–Trinajstić information content (AvgIpc) is 2.94. The molecule has 2 aromatic rings. The SMILES string of the molecule is CCCNCCc1ncc(-c2ccoc2)o1. The van der Waals surface area contributed by atoms with Crippen LogP contribution in [0.5, 0.6) is 0 Å². The summed E-state index contributed by atoms with van der Waals surface area (Å²) in [5.41, 5.74) is 0.931. The summed E-state index contributed by atoms with van der Waals surface area (Å²) in [5, 5.41) is 3.31. The van der Waals surface area contributed by atoms with E-state index in [4.69, 9.17) is 8.83 Å². The Bertz CT molecular complexity index is 406. The van der Waals surface area contributed by atoms with Crippen molar-refractivity contribution in [2.24, 2.45) is 0 Å². The van der Waals surface area contributed by atoms with Gasteiger partial charge in [-0.05, 0) is 19.0 Å². The first-order chi connectivity index (χ1) is 7.90. The fraction of sp³-hybridized carbons (Fsp3) is 0.417. The number of nitrogens with one attached hydrogen (secondary N) is 1. The smallest absolute Gasteiger partial charge is 0.196 e. The molecule has 86 valence electrons. The minimum atomic E-state index is 0.763. The van der Waals surface area contributed by atoms with Gasteiger partial charge in [-0.15, -0.1) is 0 Å². The van der Waals surface area contributed by atoms with Gasteiger partial charge in [0.2, 0.25) is 0 Å². The largest absolute Gasteiger partial charge is 0.472 e. The third-order valence-corrected chi connectivity index (χ3v) is 2.30. The average molecular weight is 220 g/mol. The van der Waals surface area contributed by atoms with Gasteiger partial charge in [0.15, 0.2) is 11.7 Å². The van der Waals surface area contributed by atoms with Crippen molar-refractivity contribution in [1.82, 2.24) is 10.3 Å². The van der Waals surface area contributed by atoms with Crippen molar-refractivity contribution in [2.45, 2.75) is 19.8 Å². The number of hydrogen-bond acceptors (Lipinski definition) is 4. The maximum Gasteiger partial charge on any atom is 0.196 e. The highest BCUT2D eigenvalue weighted by Gasteiger charge is 2.06. The first kappa shape index (κ1) is 11.0. The van der Waals surface area contributed by atoms with Crippen LogP contribution in [0, 0.1) is 0 Å². The standard InChI is InChI=1S/C12H16N2O2/c1-2-5-13-6-3-12-14-8-11(16-12)10-4-7-15-9-10/h4,7-9,13H,2-3,5-6H2,1H3. The minimum Gasteiger partial charge on any atom is -0.472 e. The molecule has 0 saturated carbocycles. The molecule has 0 aliphatic carbocycles. The van der Waals surface area contributed by atoms with Crippen molar-refractivity contribution in [3.05, 3.63) is 30.7 Å². The molecule has 1 N–H and O–H groups in total. The molecule has 2 heterocycles. The summed E-state index contributed by atoms with van der Waals surface area (Å²) >= 11 is 0. The first-order valence-electron chi connectivity index (χ1n) is 5.58. The van der Waals surface area contributed by atoms with Crippen LogP contribution in [0.4, 0.5) is 0 Å². The van der Waals surface area contributed by atoms with E-state index in [0.29, 0.717) is 0 Å². The van der Waals surface area contributed by atoms with Crippen molar-refractivity contribution >= 4 is 0 Å². The molecule has 0 fully saturated rings. The molecule has 0 atom stereocenters. The highest BCUT2D eigenvalue weighted by Crippen LogP contribution is 2.20. The molecule has 0 aromatic carbocycles. The summed E-state index contributed by atoms with van der Waals surface area (Å²) in [4.78, 5) is 4.22. The van der Waals surface area contributed by atoms with E-state index >= 15 is 0 Å². The van der Waals surface area contributed by atoms with Crippen molar-refractivity contribution in [3.63, 3.8) is 0 Å². The van der Waals surface area contributed by atoms with E-state index in [9.17, 15) is 0 Å². The van der Waals surface area contributed by atoms with Gasteiger partial charge in [-0.2, -0.15) is 0 Å². The zero-order valence-electron chi connectivity index (χ0n) is 9.40. The van der Waals surface area contributed by atoms with Crippen molar-refractivity contribution in [2.75, 3.05) is 13.1 Å². The Morgan fingerprint density at radius 1 is 1.38 bits per heavy atom. The highest BCUT2D eigenvalue weighted by molar-refractivity contribution is 5.53. The van der Waals surface area contributed by atoms with Gasteiger partial charge in [-0.1, -0.05) is 6.92 Å². The van der Waals surface area contributed by atoms with Gasteiger partial charge >= 0.3 is 0 Å². The second-order valence-corrected chi connectivity index (χ2v) is 3.63. The Morgan fingerprint density at radius 2 is 2.31 bits per heavy atom. The molecular formula is C12H16N2O2. The van der Waals surface area contributed by atoms with Crippen LogP contribution in [0.15, 0.2) is 33.6 Å². The van der Waals surface area contributed by atoms with Gasteiger partial charge in [0, 0.05) is 13.0 Å². The van der Waals surface area contributed by atoms with Gasteiger partial charge in [0.05, 0.1) is 18.0 Å². The molecular weight excluding hydrogens is 204 g/mol. The second kappa shape index (κ2) is 5.51. The summed E-state index contributed by atoms with van der Waals surface area (Å²) in [5.74, 6) is 1.53. The molecule has 0 amide bonds. The van der Waals surface area contributed by atoms with E-state index in [2.05, 4.69) is 17.2 Å². The molecule has 0 aliphatic heterocycles. The van der Waals surface area contributed by atoms with Crippen LogP contribution in [0.2, 0.25) is 0 Å². The Hall–Kier alpha value is -1.55. The van der Waals surface area contributed by atoms with Gasteiger partial charge in [0.1, 0.15) is 6.26 Å². The van der Waals surface area contributed by atoms with E-state index in [1.165, 1.54) is 0 Å². The molecule has 0 bridgehead atoms. The van der Waals surface area contributed by atoms with Gasteiger partial charge in [0.25, 0.3) is 0 Å². The van der Waals surface area contributed by atoms with Crippen LogP contribution in [-0.2, 0) is 6.42 Å². The molecule has 0 aliphatic rings. The van der Waals surface area contributed by atoms with Crippen LogP contribution in [0.25, 0.3) is 11.3 Å². The summed E-state index contributed by atoms with van der Waals surface area (Å²) in [6, 6.07) is 1.86. The lowest BCUT2D eigenvalue weighted by molar-refractivity contribution is 0.493. The Balaban J connectivity index is 1.88. The predicted molar refractivity (Wildman–Crippen MR) is 61.1 cm³/mol. The molecule has 0 spiro atoms. The first-order valence-corrected chi connectivity index (χ1v) is 5.58. The Labute approximate surface area is 94.7 Å². The van der Waals surface area contributed by atoms with E-state index in [0.717, 1.165) is 43.1 Å². The molecule has 4 heteroatoms. The summed E-state index contributed by atoms with van der Waals surface area (Å²) in [6.45, 7) is 4.09. The van der Waals surface area contributed by atoms with E-state index in [1.54, 1.807) is 18.7 Å². The minimum absolute atomic E-state index is 0.763. The molecule has 4 nitrogen and oxygen atoms in total. The number of rotatable bonds is 6. The van der Waals surface area contributed by atoms with Crippen molar-refractivity contribution < 1.29 is 8.83 Å². The number of furan rings is 1. The summed E-state index contributed by atoms with van der Waals surface area (Å²) in [6.07, 6.45) is 6.98. The second-order valence-electron chi connectivity index (χ2n) is 3.63. The Kier molecular flexibility index (Phi) is 3.77. The zero-order valence-corrected chi connectivity index (χ0v) is 9.40. The quantitative estimate of drug-likeness (QED) is 0.760. The van der Waals surface area contributed by atoms with Crippen LogP contribution >= 0.6 is 0 Å². The van der Waals surface area contributed by atoms with Crippen LogP contribution < -0.4 is 5.32 Å². The molecule has 0 unspecified atom stereocenters. The highest BCUT2D eigenvalue weighted by atomic mass is 16.4. The number of nitrogens with zero attached hydrogens (tertiary/aromatic N) is 1. The molecule has 2 aromatic heterocycles. The number of aromatic nitrogens is 1. The van der Waals surface area contributed by atoms with E-state index in [1.807, 2.05) is 6.07 Å². The molecule has 2 rings (SSSR count). The lowest BCUT2D eigenvalue weighted by atomic mass is 10.3. The van der Waals surface area contributed by atoms with Crippen LogP contribution in [-0.4, -0.2) is 18.1 Å². The zero-order chi connectivity index (χ0) is 11.2. The maximum absolute atomic E-state index is 5.60. The monoisotopic (exact) mass is 220 g/mol. The third-order valence-electron chi connectivity index (χ3n) is 2.30. The van der Waals surface area contributed by atoms with Gasteiger partial charge in [-0.3, -0.25) is 0 Å². The molecule has 0 saturated heterocycles. The number of oxazole rings is 1. The maximum atomic E-state index is 5.60. The van der Waals surface area contributed by atoms with Crippen molar-refractivity contribution in [1.29, 1.82) is 0 Å². The Morgan fingerprint density at radius 3 is 3.06 bits per heavy atom. The molecule has 0 radical (unpaired) electrons. The summed E-state index contributed by atoms with van der Waals surface area (Å²) in [7, 11) is 0. The van der Waals surface area contributed by atoms with E-state index < -0.39 is 0 Å². The molecule has 16 heavy (non-hydrogen) atoms. The van der Waals surface area contributed by atoms with E-state index in [-0.39, 0.29) is 0 Å². The lowest BCUT2D eigenvalue weighted by Gasteiger charge is -1.98.